The minimum Gasteiger partial charge on any atom is -0.439 e. The maximum Gasteiger partial charge on any atom is 0.222 e. The Morgan fingerprint density at radius 2 is 1.90 bits per heavy atom. The summed E-state index contributed by atoms with van der Waals surface area (Å²) in [6.45, 7) is 4.27. The van der Waals surface area contributed by atoms with E-state index in [0.29, 0.717) is 5.88 Å². The van der Waals surface area contributed by atoms with Gasteiger partial charge in [0.2, 0.25) is 5.88 Å². The Labute approximate surface area is 127 Å². The monoisotopic (exact) mass is 284 g/mol. The van der Waals surface area contributed by atoms with Crippen molar-refractivity contribution in [3.63, 3.8) is 0 Å². The summed E-state index contributed by atoms with van der Waals surface area (Å²) in [6.07, 6.45) is 5.73. The molecule has 0 saturated carbocycles. The van der Waals surface area contributed by atoms with Crippen molar-refractivity contribution in [1.29, 1.82) is 0 Å². The molecule has 2 aromatic rings. The summed E-state index contributed by atoms with van der Waals surface area (Å²) in [6, 6.07) is 12.3. The van der Waals surface area contributed by atoms with E-state index in [9.17, 15) is 0 Å². The van der Waals surface area contributed by atoms with Crippen LogP contribution in [0.5, 0.6) is 11.6 Å². The molecule has 2 N–H and O–H groups in total. The van der Waals surface area contributed by atoms with Crippen molar-refractivity contribution in [1.82, 2.24) is 4.98 Å². The number of aromatic nitrogens is 1. The molecular weight excluding hydrogens is 260 g/mol. The van der Waals surface area contributed by atoms with Crippen molar-refractivity contribution < 1.29 is 4.74 Å². The maximum atomic E-state index is 6.04. The fourth-order valence-corrected chi connectivity index (χ4v) is 2.22. The number of ether oxygens (including phenoxy) is 1. The molecule has 1 aromatic carbocycles. The molecule has 0 aliphatic carbocycles. The van der Waals surface area contributed by atoms with Gasteiger partial charge in [0.15, 0.2) is 0 Å². The zero-order chi connectivity index (χ0) is 15.1. The lowest BCUT2D eigenvalue weighted by atomic mass is 10.1. The first-order valence-electron chi connectivity index (χ1n) is 7.69. The van der Waals surface area contributed by atoms with Gasteiger partial charge in [-0.3, -0.25) is 0 Å². The van der Waals surface area contributed by atoms with Gasteiger partial charge in [0.1, 0.15) is 5.75 Å². The number of pyridine rings is 1. The molecule has 0 radical (unpaired) electrons. The summed E-state index contributed by atoms with van der Waals surface area (Å²) in [7, 11) is 0. The van der Waals surface area contributed by atoms with E-state index in [1.165, 1.54) is 5.56 Å². The van der Waals surface area contributed by atoms with Crippen LogP contribution in [-0.4, -0.2) is 11.0 Å². The number of nitrogens with zero attached hydrogens (tertiary/aromatic N) is 1. The van der Waals surface area contributed by atoms with E-state index in [0.717, 1.165) is 37.0 Å². The fraction of sp³-hybridized carbons (Fsp3) is 0.389. The van der Waals surface area contributed by atoms with Gasteiger partial charge in [-0.1, -0.05) is 38.5 Å². The van der Waals surface area contributed by atoms with Crippen LogP contribution in [-0.2, 0) is 12.8 Å². The van der Waals surface area contributed by atoms with E-state index in [1.807, 2.05) is 24.3 Å². The van der Waals surface area contributed by atoms with E-state index < -0.39 is 0 Å². The largest absolute Gasteiger partial charge is 0.439 e. The summed E-state index contributed by atoms with van der Waals surface area (Å²) in [4.78, 5) is 4.34. The molecule has 1 atom stereocenters. The summed E-state index contributed by atoms with van der Waals surface area (Å²) in [5, 5.41) is 0. The molecule has 3 nitrogen and oxygen atoms in total. The van der Waals surface area contributed by atoms with Crippen molar-refractivity contribution in [3.8, 4) is 11.6 Å². The average molecular weight is 284 g/mol. The van der Waals surface area contributed by atoms with Crippen LogP contribution in [0.15, 0.2) is 42.6 Å². The minimum absolute atomic E-state index is 0.142. The molecule has 0 amide bonds. The van der Waals surface area contributed by atoms with Crippen LogP contribution < -0.4 is 10.5 Å². The van der Waals surface area contributed by atoms with Gasteiger partial charge in [0, 0.05) is 17.8 Å². The Morgan fingerprint density at radius 3 is 2.57 bits per heavy atom. The van der Waals surface area contributed by atoms with Gasteiger partial charge in [0.05, 0.1) is 0 Å². The molecule has 0 spiro atoms. The second-order valence-corrected chi connectivity index (χ2v) is 5.34. The van der Waals surface area contributed by atoms with E-state index in [4.69, 9.17) is 10.5 Å². The standard InChI is InChI=1S/C18H24N2O/c1-3-6-14-8-10-17(11-9-14)21-18-15(7-5-12-20-18)13-16(19)4-2/h5,7-12,16H,3-4,6,13,19H2,1-2H3. The fourth-order valence-electron chi connectivity index (χ4n) is 2.22. The lowest BCUT2D eigenvalue weighted by Gasteiger charge is -2.13. The average Bonchev–Trinajstić information content (AvgIpc) is 2.51. The highest BCUT2D eigenvalue weighted by Crippen LogP contribution is 2.24. The molecule has 0 saturated heterocycles. The van der Waals surface area contributed by atoms with Crippen LogP contribution in [0.1, 0.15) is 37.8 Å². The minimum atomic E-state index is 0.142. The molecule has 0 bridgehead atoms. The van der Waals surface area contributed by atoms with Gasteiger partial charge < -0.3 is 10.5 Å². The third-order valence-corrected chi connectivity index (χ3v) is 3.53. The smallest absolute Gasteiger partial charge is 0.222 e. The molecule has 0 fully saturated rings. The highest BCUT2D eigenvalue weighted by molar-refractivity contribution is 5.34. The van der Waals surface area contributed by atoms with Crippen molar-refractivity contribution in [2.75, 3.05) is 0 Å². The van der Waals surface area contributed by atoms with Crippen LogP contribution in [0.4, 0.5) is 0 Å². The van der Waals surface area contributed by atoms with Crippen molar-refractivity contribution in [2.45, 2.75) is 45.6 Å². The number of nitrogens with two attached hydrogens (primary N) is 1. The number of hydrogen-bond donors (Lipinski definition) is 1. The first-order chi connectivity index (χ1) is 10.2. The predicted molar refractivity (Wildman–Crippen MR) is 86.7 cm³/mol. The highest BCUT2D eigenvalue weighted by atomic mass is 16.5. The third kappa shape index (κ3) is 4.57. The molecule has 3 heteroatoms. The van der Waals surface area contributed by atoms with Crippen LogP contribution in [0.3, 0.4) is 0 Å². The highest BCUT2D eigenvalue weighted by Gasteiger charge is 2.09. The van der Waals surface area contributed by atoms with Gasteiger partial charge in [0.25, 0.3) is 0 Å². The first-order valence-corrected chi connectivity index (χ1v) is 7.69. The van der Waals surface area contributed by atoms with Crippen molar-refractivity contribution in [2.24, 2.45) is 5.73 Å². The van der Waals surface area contributed by atoms with Gasteiger partial charge in [-0.2, -0.15) is 0 Å². The zero-order valence-corrected chi connectivity index (χ0v) is 12.9. The molecule has 1 unspecified atom stereocenters. The quantitative estimate of drug-likeness (QED) is 0.832. The third-order valence-electron chi connectivity index (χ3n) is 3.53. The van der Waals surface area contributed by atoms with Crippen LogP contribution >= 0.6 is 0 Å². The summed E-state index contributed by atoms with van der Waals surface area (Å²) in [5.41, 5.74) is 8.43. The summed E-state index contributed by atoms with van der Waals surface area (Å²) < 4.78 is 5.92. The summed E-state index contributed by atoms with van der Waals surface area (Å²) >= 11 is 0. The second-order valence-electron chi connectivity index (χ2n) is 5.34. The topological polar surface area (TPSA) is 48.1 Å². The maximum absolute atomic E-state index is 6.04. The Balaban J connectivity index is 2.11. The molecule has 1 heterocycles. The molecule has 0 aliphatic heterocycles. The zero-order valence-electron chi connectivity index (χ0n) is 12.9. The SMILES string of the molecule is CCCc1ccc(Oc2ncccc2CC(N)CC)cc1. The Hall–Kier alpha value is -1.87. The lowest BCUT2D eigenvalue weighted by molar-refractivity contribution is 0.452. The van der Waals surface area contributed by atoms with E-state index >= 15 is 0 Å². The van der Waals surface area contributed by atoms with Crippen LogP contribution in [0.25, 0.3) is 0 Å². The molecule has 112 valence electrons. The number of aryl methyl sites for hydroxylation is 1. The lowest BCUT2D eigenvalue weighted by Crippen LogP contribution is -2.21. The normalized spacial score (nSPS) is 12.1. The van der Waals surface area contributed by atoms with Gasteiger partial charge >= 0.3 is 0 Å². The number of hydrogen-bond acceptors (Lipinski definition) is 3. The van der Waals surface area contributed by atoms with Gasteiger partial charge in [-0.15, -0.1) is 0 Å². The van der Waals surface area contributed by atoms with E-state index in [-0.39, 0.29) is 6.04 Å². The molecule has 21 heavy (non-hydrogen) atoms. The number of rotatable bonds is 7. The van der Waals surface area contributed by atoms with E-state index in [2.05, 4.69) is 31.0 Å². The Morgan fingerprint density at radius 1 is 1.14 bits per heavy atom. The van der Waals surface area contributed by atoms with Crippen LogP contribution in [0.2, 0.25) is 0 Å². The molecule has 0 aliphatic rings. The summed E-state index contributed by atoms with van der Waals surface area (Å²) in [5.74, 6) is 1.48. The van der Waals surface area contributed by atoms with Gasteiger partial charge in [-0.25, -0.2) is 4.98 Å². The molecule has 1 aromatic heterocycles. The van der Waals surface area contributed by atoms with Crippen molar-refractivity contribution >= 4 is 0 Å². The number of benzene rings is 1. The first kappa shape index (κ1) is 15.5. The Kier molecular flexibility index (Phi) is 5.76. The Bertz CT molecular complexity index is 551. The van der Waals surface area contributed by atoms with Gasteiger partial charge in [-0.05, 0) is 43.0 Å². The van der Waals surface area contributed by atoms with E-state index in [1.54, 1.807) is 6.20 Å². The molecular formula is C18H24N2O. The molecule has 2 rings (SSSR count). The second kappa shape index (κ2) is 7.79. The van der Waals surface area contributed by atoms with Crippen molar-refractivity contribution in [3.05, 3.63) is 53.7 Å². The predicted octanol–water partition coefficient (Wildman–Crippen LogP) is 4.11. The van der Waals surface area contributed by atoms with Crippen LogP contribution in [0, 0.1) is 0 Å².